The molecule has 5 heteroatoms. The van der Waals surface area contributed by atoms with Gasteiger partial charge in [0.05, 0.1) is 18.2 Å². The van der Waals surface area contributed by atoms with Gasteiger partial charge in [0.15, 0.2) is 11.6 Å². The van der Waals surface area contributed by atoms with Crippen LogP contribution in [0.2, 0.25) is 0 Å². The largest absolute Gasteiger partial charge is 0.497 e. The molecule has 0 amide bonds. The van der Waals surface area contributed by atoms with Crippen LogP contribution in [0, 0.1) is 6.92 Å². The van der Waals surface area contributed by atoms with Gasteiger partial charge in [0.1, 0.15) is 17.8 Å². The lowest BCUT2D eigenvalue weighted by atomic mass is 10.0. The summed E-state index contributed by atoms with van der Waals surface area (Å²) in [6, 6.07) is 9.46. The van der Waals surface area contributed by atoms with Crippen molar-refractivity contribution in [3.63, 3.8) is 0 Å². The summed E-state index contributed by atoms with van der Waals surface area (Å²) in [5, 5.41) is 3.85. The Bertz CT molecular complexity index is 743. The smallest absolute Gasteiger partial charge is 0.180 e. The summed E-state index contributed by atoms with van der Waals surface area (Å²) in [4.78, 5) is 0. The highest BCUT2D eigenvalue weighted by Gasteiger charge is 2.19. The predicted octanol–water partition coefficient (Wildman–Crippen LogP) is 3.50. The Morgan fingerprint density at radius 2 is 2.05 bits per heavy atom. The Hall–Kier alpha value is -2.69. The molecule has 0 saturated carbocycles. The van der Waals surface area contributed by atoms with Crippen molar-refractivity contribution in [2.24, 2.45) is 0 Å². The first-order valence-electron chi connectivity index (χ1n) is 6.14. The summed E-state index contributed by atoms with van der Waals surface area (Å²) < 4.78 is 15.9. The second kappa shape index (κ2) is 4.77. The number of hydrogen-bond donors (Lipinski definition) is 1. The third-order valence-electron chi connectivity index (χ3n) is 3.07. The van der Waals surface area contributed by atoms with E-state index in [0.717, 1.165) is 28.2 Å². The van der Waals surface area contributed by atoms with Crippen LogP contribution in [0.3, 0.4) is 0 Å². The van der Waals surface area contributed by atoms with Gasteiger partial charge in [0.25, 0.3) is 0 Å². The molecule has 0 spiro atoms. The molecule has 102 valence electrons. The highest BCUT2D eigenvalue weighted by atomic mass is 16.5. The zero-order valence-electron chi connectivity index (χ0n) is 11.2. The summed E-state index contributed by atoms with van der Waals surface area (Å²) >= 11 is 0. The molecule has 2 heterocycles. The van der Waals surface area contributed by atoms with E-state index in [1.165, 1.54) is 0 Å². The van der Waals surface area contributed by atoms with Gasteiger partial charge in [-0.2, -0.15) is 0 Å². The number of rotatable bonds is 3. The maximum Gasteiger partial charge on any atom is 0.180 e. The molecule has 0 aliphatic heterocycles. The number of ether oxygens (including phenoxy) is 1. The van der Waals surface area contributed by atoms with E-state index in [1.54, 1.807) is 13.4 Å². The maximum atomic E-state index is 5.93. The van der Waals surface area contributed by atoms with Crippen LogP contribution in [0.4, 0.5) is 5.82 Å². The molecule has 20 heavy (non-hydrogen) atoms. The fourth-order valence-corrected chi connectivity index (χ4v) is 2.12. The Morgan fingerprint density at radius 1 is 1.20 bits per heavy atom. The number of hydrogen-bond acceptors (Lipinski definition) is 5. The van der Waals surface area contributed by atoms with Crippen LogP contribution in [-0.4, -0.2) is 12.3 Å². The molecule has 0 atom stereocenters. The molecule has 1 aromatic carbocycles. The number of aromatic nitrogens is 1. The molecule has 3 aromatic rings. The average Bonchev–Trinajstić information content (AvgIpc) is 3.05. The monoisotopic (exact) mass is 270 g/mol. The first kappa shape index (κ1) is 12.3. The maximum absolute atomic E-state index is 5.93. The normalized spacial score (nSPS) is 10.7. The second-order valence-electron chi connectivity index (χ2n) is 4.45. The molecule has 3 rings (SSSR count). The van der Waals surface area contributed by atoms with Crippen molar-refractivity contribution in [3.05, 3.63) is 42.4 Å². The van der Waals surface area contributed by atoms with Gasteiger partial charge in [-0.05, 0) is 30.7 Å². The fourth-order valence-electron chi connectivity index (χ4n) is 2.12. The Labute approximate surface area is 115 Å². The summed E-state index contributed by atoms with van der Waals surface area (Å²) in [6.07, 6.45) is 1.62. The van der Waals surface area contributed by atoms with Gasteiger partial charge in [0, 0.05) is 0 Å². The molecule has 2 N–H and O–H groups in total. The van der Waals surface area contributed by atoms with Crippen LogP contribution in [0.5, 0.6) is 5.75 Å². The minimum Gasteiger partial charge on any atom is -0.497 e. The summed E-state index contributed by atoms with van der Waals surface area (Å²) in [5.74, 6) is 2.48. The van der Waals surface area contributed by atoms with Crippen LogP contribution in [-0.2, 0) is 0 Å². The molecule has 0 saturated heterocycles. The zero-order chi connectivity index (χ0) is 14.1. The average molecular weight is 270 g/mol. The molecule has 0 unspecified atom stereocenters. The van der Waals surface area contributed by atoms with Crippen molar-refractivity contribution in [2.75, 3.05) is 12.8 Å². The first-order chi connectivity index (χ1) is 9.69. The Kier molecular flexibility index (Phi) is 2.95. The lowest BCUT2D eigenvalue weighted by molar-refractivity contribution is 0.415. The number of nitrogens with zero attached hydrogens (tertiary/aromatic N) is 1. The topological polar surface area (TPSA) is 74.4 Å². The molecule has 5 nitrogen and oxygen atoms in total. The highest BCUT2D eigenvalue weighted by molar-refractivity contribution is 5.86. The summed E-state index contributed by atoms with van der Waals surface area (Å²) in [6.45, 7) is 1.87. The number of nitrogens with two attached hydrogens (primary N) is 1. The van der Waals surface area contributed by atoms with Crippen LogP contribution in [0.25, 0.3) is 22.5 Å². The van der Waals surface area contributed by atoms with Crippen LogP contribution in [0.1, 0.15) is 5.76 Å². The zero-order valence-corrected chi connectivity index (χ0v) is 11.2. The third kappa shape index (κ3) is 2.03. The second-order valence-corrected chi connectivity index (χ2v) is 4.45. The van der Waals surface area contributed by atoms with Gasteiger partial charge < -0.3 is 19.4 Å². The van der Waals surface area contributed by atoms with Gasteiger partial charge >= 0.3 is 0 Å². The molecule has 0 aliphatic rings. The van der Waals surface area contributed by atoms with E-state index in [2.05, 4.69) is 5.16 Å². The SMILES string of the molecule is COc1cccc(-c2c(N)noc2-c2coc(C)c2)c1. The number of furan rings is 1. The van der Waals surface area contributed by atoms with Crippen LogP contribution < -0.4 is 10.5 Å². The molecule has 0 bridgehead atoms. The highest BCUT2D eigenvalue weighted by Crippen LogP contribution is 2.38. The molecular weight excluding hydrogens is 256 g/mol. The number of benzene rings is 1. The molecule has 0 aliphatic carbocycles. The quantitative estimate of drug-likeness (QED) is 0.788. The molecule has 2 aromatic heterocycles. The van der Waals surface area contributed by atoms with Crippen molar-refractivity contribution in [1.29, 1.82) is 0 Å². The Balaban J connectivity index is 2.15. The summed E-state index contributed by atoms with van der Waals surface area (Å²) in [7, 11) is 1.62. The lowest BCUT2D eigenvalue weighted by Gasteiger charge is -2.04. The Morgan fingerprint density at radius 3 is 2.75 bits per heavy atom. The number of aryl methyl sites for hydroxylation is 1. The van der Waals surface area contributed by atoms with Crippen molar-refractivity contribution in [3.8, 4) is 28.2 Å². The van der Waals surface area contributed by atoms with E-state index >= 15 is 0 Å². The third-order valence-corrected chi connectivity index (χ3v) is 3.07. The molecular formula is C15H14N2O3. The minimum atomic E-state index is 0.340. The van der Waals surface area contributed by atoms with E-state index in [0.29, 0.717) is 11.6 Å². The van der Waals surface area contributed by atoms with Crippen LogP contribution in [0.15, 0.2) is 45.5 Å². The van der Waals surface area contributed by atoms with Crippen molar-refractivity contribution in [1.82, 2.24) is 5.16 Å². The van der Waals surface area contributed by atoms with Crippen molar-refractivity contribution >= 4 is 5.82 Å². The number of methoxy groups -OCH3 is 1. The van der Waals surface area contributed by atoms with Gasteiger partial charge in [-0.3, -0.25) is 0 Å². The minimum absolute atomic E-state index is 0.340. The van der Waals surface area contributed by atoms with Crippen molar-refractivity contribution < 1.29 is 13.7 Å². The fraction of sp³-hybridized carbons (Fsp3) is 0.133. The molecule has 0 fully saturated rings. The molecule has 0 radical (unpaired) electrons. The van der Waals surface area contributed by atoms with Crippen molar-refractivity contribution in [2.45, 2.75) is 6.92 Å². The van der Waals surface area contributed by atoms with E-state index in [4.69, 9.17) is 19.4 Å². The standard InChI is InChI=1S/C15H14N2O3/c1-9-6-11(8-19-9)14-13(15(16)17-20-14)10-4-3-5-12(7-10)18-2/h3-8H,1-2H3,(H2,16,17). The van der Waals surface area contributed by atoms with Gasteiger partial charge in [0.2, 0.25) is 0 Å². The first-order valence-corrected chi connectivity index (χ1v) is 6.14. The summed E-state index contributed by atoms with van der Waals surface area (Å²) in [5.41, 5.74) is 8.37. The predicted molar refractivity (Wildman–Crippen MR) is 75.3 cm³/mol. The van der Waals surface area contributed by atoms with Crippen LogP contribution >= 0.6 is 0 Å². The van der Waals surface area contributed by atoms with Gasteiger partial charge in [-0.25, -0.2) is 0 Å². The van der Waals surface area contributed by atoms with E-state index in [1.807, 2.05) is 37.3 Å². The van der Waals surface area contributed by atoms with E-state index in [-0.39, 0.29) is 0 Å². The van der Waals surface area contributed by atoms with Gasteiger partial charge in [-0.1, -0.05) is 17.3 Å². The number of nitrogen functional groups attached to an aromatic ring is 1. The van der Waals surface area contributed by atoms with E-state index < -0.39 is 0 Å². The van der Waals surface area contributed by atoms with E-state index in [9.17, 15) is 0 Å². The van der Waals surface area contributed by atoms with Gasteiger partial charge in [-0.15, -0.1) is 0 Å². The number of anilines is 1. The lowest BCUT2D eigenvalue weighted by Crippen LogP contribution is -1.89.